The maximum absolute atomic E-state index is 5.91. The van der Waals surface area contributed by atoms with Gasteiger partial charge >= 0.3 is 0 Å². The van der Waals surface area contributed by atoms with Gasteiger partial charge in [-0.3, -0.25) is 4.90 Å². The largest absolute Gasteiger partial charge is 0.328 e. The van der Waals surface area contributed by atoms with Crippen LogP contribution in [0.15, 0.2) is 24.3 Å². The first kappa shape index (κ1) is 11.6. The van der Waals surface area contributed by atoms with Crippen molar-refractivity contribution in [2.24, 2.45) is 5.73 Å². The summed E-state index contributed by atoms with van der Waals surface area (Å²) < 4.78 is 0. The molecular weight excluding hydrogens is 196 g/mol. The van der Waals surface area contributed by atoms with Gasteiger partial charge in [-0.2, -0.15) is 0 Å². The molecule has 0 radical (unpaired) electrons. The maximum Gasteiger partial charge on any atom is 0.0348 e. The van der Waals surface area contributed by atoms with Crippen LogP contribution in [0.2, 0.25) is 0 Å². The second-order valence-electron chi connectivity index (χ2n) is 5.02. The Morgan fingerprint density at radius 3 is 2.81 bits per heavy atom. The van der Waals surface area contributed by atoms with E-state index in [1.807, 2.05) is 0 Å². The highest BCUT2D eigenvalue weighted by Crippen LogP contribution is 2.32. The van der Waals surface area contributed by atoms with Crippen LogP contribution in [0.25, 0.3) is 0 Å². The Morgan fingerprint density at radius 1 is 1.44 bits per heavy atom. The first-order chi connectivity index (χ1) is 7.68. The van der Waals surface area contributed by atoms with Gasteiger partial charge in [0, 0.05) is 12.1 Å². The minimum absolute atomic E-state index is 0.243. The van der Waals surface area contributed by atoms with Crippen LogP contribution < -0.4 is 5.73 Å². The van der Waals surface area contributed by atoms with Gasteiger partial charge in [-0.15, -0.1) is 0 Å². The summed E-state index contributed by atoms with van der Waals surface area (Å²) >= 11 is 0. The van der Waals surface area contributed by atoms with Gasteiger partial charge in [-0.05, 0) is 50.9 Å². The first-order valence-electron chi connectivity index (χ1n) is 6.22. The summed E-state index contributed by atoms with van der Waals surface area (Å²) in [5.74, 6) is 0. The van der Waals surface area contributed by atoms with Crippen LogP contribution in [-0.4, -0.2) is 24.5 Å². The lowest BCUT2D eigenvalue weighted by atomic mass is 9.95. The summed E-state index contributed by atoms with van der Waals surface area (Å²) in [6.45, 7) is 3.30. The van der Waals surface area contributed by atoms with Gasteiger partial charge in [-0.1, -0.05) is 24.3 Å². The molecule has 1 aromatic rings. The van der Waals surface area contributed by atoms with E-state index in [0.717, 1.165) is 6.42 Å². The molecule has 1 aliphatic heterocycles. The number of rotatable bonds is 3. The van der Waals surface area contributed by atoms with Crippen molar-refractivity contribution in [1.29, 1.82) is 0 Å². The Kier molecular flexibility index (Phi) is 3.62. The van der Waals surface area contributed by atoms with Crippen LogP contribution in [0.4, 0.5) is 0 Å². The Labute approximate surface area is 98.4 Å². The molecule has 2 unspecified atom stereocenters. The summed E-state index contributed by atoms with van der Waals surface area (Å²) in [5, 5.41) is 0. The van der Waals surface area contributed by atoms with Crippen LogP contribution in [-0.2, 0) is 6.42 Å². The van der Waals surface area contributed by atoms with Crippen molar-refractivity contribution >= 4 is 0 Å². The molecule has 0 aliphatic carbocycles. The molecule has 2 rings (SSSR count). The van der Waals surface area contributed by atoms with Gasteiger partial charge in [0.2, 0.25) is 0 Å². The topological polar surface area (TPSA) is 29.3 Å². The van der Waals surface area contributed by atoms with Gasteiger partial charge in [-0.25, -0.2) is 0 Å². The number of nitrogens with two attached hydrogens (primary N) is 1. The minimum Gasteiger partial charge on any atom is -0.328 e. The van der Waals surface area contributed by atoms with Crippen molar-refractivity contribution in [3.8, 4) is 0 Å². The third kappa shape index (κ3) is 2.45. The third-order valence-corrected chi connectivity index (χ3v) is 3.48. The Balaban J connectivity index is 2.25. The predicted molar refractivity (Wildman–Crippen MR) is 68.4 cm³/mol. The molecule has 1 fully saturated rings. The fourth-order valence-corrected chi connectivity index (χ4v) is 2.70. The first-order valence-corrected chi connectivity index (χ1v) is 6.22. The van der Waals surface area contributed by atoms with E-state index in [4.69, 9.17) is 5.73 Å². The summed E-state index contributed by atoms with van der Waals surface area (Å²) in [6.07, 6.45) is 3.58. The molecule has 1 heterocycles. The molecule has 0 aromatic heterocycles. The SMILES string of the molecule is CC(N)Cc1ccccc1C1CCCN1C. The smallest absolute Gasteiger partial charge is 0.0348 e. The van der Waals surface area contributed by atoms with Crippen molar-refractivity contribution < 1.29 is 0 Å². The molecule has 1 saturated heterocycles. The molecule has 1 aromatic carbocycles. The van der Waals surface area contributed by atoms with Crippen LogP contribution in [0, 0.1) is 0 Å². The van der Waals surface area contributed by atoms with Crippen molar-refractivity contribution in [3.63, 3.8) is 0 Å². The van der Waals surface area contributed by atoms with Crippen LogP contribution in [0.5, 0.6) is 0 Å². The molecule has 0 saturated carbocycles. The molecule has 2 heteroatoms. The lowest BCUT2D eigenvalue weighted by molar-refractivity contribution is 0.316. The van der Waals surface area contributed by atoms with E-state index in [1.54, 1.807) is 0 Å². The van der Waals surface area contributed by atoms with E-state index in [9.17, 15) is 0 Å². The lowest BCUT2D eigenvalue weighted by Gasteiger charge is -2.23. The van der Waals surface area contributed by atoms with Crippen LogP contribution in [0.1, 0.15) is 36.9 Å². The van der Waals surface area contributed by atoms with Gasteiger partial charge in [0.25, 0.3) is 0 Å². The number of nitrogens with zero attached hydrogens (tertiary/aromatic N) is 1. The summed E-state index contributed by atoms with van der Waals surface area (Å²) in [5.41, 5.74) is 8.83. The van der Waals surface area contributed by atoms with E-state index in [0.29, 0.717) is 6.04 Å². The monoisotopic (exact) mass is 218 g/mol. The quantitative estimate of drug-likeness (QED) is 0.844. The summed E-state index contributed by atoms with van der Waals surface area (Å²) in [6, 6.07) is 9.61. The summed E-state index contributed by atoms with van der Waals surface area (Å²) in [4.78, 5) is 2.46. The number of hydrogen-bond donors (Lipinski definition) is 1. The molecule has 1 aliphatic rings. The zero-order valence-corrected chi connectivity index (χ0v) is 10.3. The van der Waals surface area contributed by atoms with E-state index >= 15 is 0 Å². The second-order valence-corrected chi connectivity index (χ2v) is 5.02. The highest BCUT2D eigenvalue weighted by molar-refractivity contribution is 5.31. The van der Waals surface area contributed by atoms with Crippen molar-refractivity contribution in [2.75, 3.05) is 13.6 Å². The highest BCUT2D eigenvalue weighted by Gasteiger charge is 2.24. The van der Waals surface area contributed by atoms with Gasteiger partial charge in [0.1, 0.15) is 0 Å². The Morgan fingerprint density at radius 2 is 2.19 bits per heavy atom. The standard InChI is InChI=1S/C14H22N2/c1-11(15)10-12-6-3-4-7-13(12)14-8-5-9-16(14)2/h3-4,6-7,11,14H,5,8-10,15H2,1-2H3. The lowest BCUT2D eigenvalue weighted by Crippen LogP contribution is -2.22. The highest BCUT2D eigenvalue weighted by atomic mass is 15.1. The molecule has 88 valence electrons. The molecule has 0 spiro atoms. The van der Waals surface area contributed by atoms with Crippen LogP contribution >= 0.6 is 0 Å². The average Bonchev–Trinajstić information content (AvgIpc) is 2.64. The molecule has 2 nitrogen and oxygen atoms in total. The average molecular weight is 218 g/mol. The normalized spacial score (nSPS) is 23.6. The Hall–Kier alpha value is -0.860. The van der Waals surface area contributed by atoms with E-state index in [2.05, 4.69) is 43.1 Å². The summed E-state index contributed by atoms with van der Waals surface area (Å²) in [7, 11) is 2.22. The second kappa shape index (κ2) is 4.98. The fourth-order valence-electron chi connectivity index (χ4n) is 2.70. The van der Waals surface area contributed by atoms with E-state index in [-0.39, 0.29) is 6.04 Å². The third-order valence-electron chi connectivity index (χ3n) is 3.48. The molecule has 2 N–H and O–H groups in total. The fraction of sp³-hybridized carbons (Fsp3) is 0.571. The number of likely N-dealkylation sites (tertiary alicyclic amines) is 1. The maximum atomic E-state index is 5.91. The molecular formula is C14H22N2. The number of hydrogen-bond acceptors (Lipinski definition) is 2. The Bertz CT molecular complexity index is 346. The molecule has 16 heavy (non-hydrogen) atoms. The van der Waals surface area contributed by atoms with Crippen molar-refractivity contribution in [2.45, 2.75) is 38.3 Å². The van der Waals surface area contributed by atoms with Gasteiger partial charge < -0.3 is 5.73 Å². The molecule has 0 bridgehead atoms. The zero-order chi connectivity index (χ0) is 11.5. The molecule has 2 atom stereocenters. The number of benzene rings is 1. The van der Waals surface area contributed by atoms with Crippen molar-refractivity contribution in [3.05, 3.63) is 35.4 Å². The minimum atomic E-state index is 0.243. The van der Waals surface area contributed by atoms with Crippen molar-refractivity contribution in [1.82, 2.24) is 4.90 Å². The van der Waals surface area contributed by atoms with Gasteiger partial charge in [0.15, 0.2) is 0 Å². The van der Waals surface area contributed by atoms with Gasteiger partial charge in [0.05, 0.1) is 0 Å². The van der Waals surface area contributed by atoms with Crippen LogP contribution in [0.3, 0.4) is 0 Å². The van der Waals surface area contributed by atoms with E-state index in [1.165, 1.54) is 30.5 Å². The molecule has 0 amide bonds. The van der Waals surface area contributed by atoms with E-state index < -0.39 is 0 Å². The predicted octanol–water partition coefficient (Wildman–Crippen LogP) is 2.34. The zero-order valence-electron chi connectivity index (χ0n) is 10.3.